The van der Waals surface area contributed by atoms with E-state index in [9.17, 15) is 14.7 Å². The molecule has 1 aromatic heterocycles. The number of fused-ring (bicyclic) bond motifs is 1. The molecule has 0 radical (unpaired) electrons. The van der Waals surface area contributed by atoms with Crippen LogP contribution in [0.2, 0.25) is 0 Å². The van der Waals surface area contributed by atoms with Gasteiger partial charge in [-0.05, 0) is 92.9 Å². The molecule has 5 nitrogen and oxygen atoms in total. The molecule has 0 unspecified atom stereocenters. The summed E-state index contributed by atoms with van der Waals surface area (Å²) in [7, 11) is 0. The van der Waals surface area contributed by atoms with Crippen LogP contribution in [0, 0.1) is 17.8 Å². The van der Waals surface area contributed by atoms with Crippen LogP contribution in [0.15, 0.2) is 51.7 Å². The van der Waals surface area contributed by atoms with Crippen molar-refractivity contribution in [1.82, 2.24) is 0 Å². The lowest BCUT2D eigenvalue weighted by Crippen LogP contribution is -2.48. The number of aromatic hydroxyl groups is 1. The summed E-state index contributed by atoms with van der Waals surface area (Å²) in [6, 6.07) is 11.8. The minimum atomic E-state index is -0.372. The summed E-state index contributed by atoms with van der Waals surface area (Å²) in [5.74, 6) is 2.44. The van der Waals surface area contributed by atoms with Gasteiger partial charge in [-0.15, -0.1) is 0 Å². The largest absolute Gasteiger partial charge is 0.508 e. The molecule has 3 aromatic rings. The summed E-state index contributed by atoms with van der Waals surface area (Å²) in [6.07, 6.45) is 7.28. The molecule has 0 aliphatic heterocycles. The van der Waals surface area contributed by atoms with E-state index in [0.717, 1.165) is 48.1 Å². The maximum Gasteiger partial charge on any atom is 0.338 e. The third-order valence-corrected chi connectivity index (χ3v) is 8.10. The first-order valence-electron chi connectivity index (χ1n) is 12.0. The van der Waals surface area contributed by atoms with E-state index in [-0.39, 0.29) is 22.6 Å². The highest BCUT2D eigenvalue weighted by atomic mass is 16.5. The van der Waals surface area contributed by atoms with E-state index in [1.54, 1.807) is 31.2 Å². The van der Waals surface area contributed by atoms with Crippen molar-refractivity contribution in [1.29, 1.82) is 0 Å². The van der Waals surface area contributed by atoms with Crippen LogP contribution in [0.1, 0.15) is 61.4 Å². The number of esters is 1. The van der Waals surface area contributed by atoms with Gasteiger partial charge in [0.25, 0.3) is 0 Å². The lowest BCUT2D eigenvalue weighted by Gasteiger charge is -2.57. The van der Waals surface area contributed by atoms with Crippen molar-refractivity contribution in [3.8, 4) is 17.1 Å². The average Bonchev–Trinajstić information content (AvgIpc) is 2.78. The Balaban J connectivity index is 1.47. The van der Waals surface area contributed by atoms with Crippen LogP contribution in [0.5, 0.6) is 5.75 Å². The Hall–Kier alpha value is -3.08. The second-order valence-electron chi connectivity index (χ2n) is 10.3. The molecular weight excluding hydrogens is 416 g/mol. The van der Waals surface area contributed by atoms with Gasteiger partial charge in [0.1, 0.15) is 17.1 Å². The van der Waals surface area contributed by atoms with Crippen LogP contribution < -0.4 is 5.43 Å². The number of rotatable bonds is 4. The Kier molecular flexibility index (Phi) is 4.65. The molecule has 5 heteroatoms. The number of phenols is 1. The molecule has 1 N–H and O–H groups in total. The number of carbonyl (C=O) groups excluding carboxylic acids is 1. The van der Waals surface area contributed by atoms with Crippen LogP contribution in [-0.4, -0.2) is 17.7 Å². The van der Waals surface area contributed by atoms with Crippen LogP contribution >= 0.6 is 0 Å². The summed E-state index contributed by atoms with van der Waals surface area (Å²) >= 11 is 0. The second-order valence-corrected chi connectivity index (χ2v) is 10.3. The van der Waals surface area contributed by atoms with E-state index in [0.29, 0.717) is 28.9 Å². The standard InChI is InChI=1S/C28H28O5/c1-2-32-27(31)20-5-3-19(4-6-20)25-12-24(30)22-10-21(29)11-23(26(22)33-25)28-13-16-7-17(14-28)9-18(8-16)15-28/h3-6,10-12,16-18,29H,2,7-9,13-15H2,1H3. The van der Waals surface area contributed by atoms with Gasteiger partial charge in [-0.2, -0.15) is 0 Å². The van der Waals surface area contributed by atoms with Crippen molar-refractivity contribution in [3.63, 3.8) is 0 Å². The average molecular weight is 445 g/mol. The smallest absolute Gasteiger partial charge is 0.338 e. The lowest BCUT2D eigenvalue weighted by atomic mass is 9.48. The van der Waals surface area contributed by atoms with Crippen LogP contribution in [-0.2, 0) is 10.2 Å². The highest BCUT2D eigenvalue weighted by Crippen LogP contribution is 2.61. The molecule has 0 atom stereocenters. The van der Waals surface area contributed by atoms with Crippen LogP contribution in [0.3, 0.4) is 0 Å². The number of ether oxygens (including phenoxy) is 1. The Morgan fingerprint density at radius 3 is 2.27 bits per heavy atom. The van der Waals surface area contributed by atoms with E-state index in [2.05, 4.69) is 0 Å². The summed E-state index contributed by atoms with van der Waals surface area (Å²) in [5, 5.41) is 11.0. The fraction of sp³-hybridized carbons (Fsp3) is 0.429. The van der Waals surface area contributed by atoms with E-state index >= 15 is 0 Å². The van der Waals surface area contributed by atoms with Crippen molar-refractivity contribution < 1.29 is 19.1 Å². The van der Waals surface area contributed by atoms with Gasteiger partial charge in [-0.1, -0.05) is 12.1 Å². The molecular formula is C28H28O5. The van der Waals surface area contributed by atoms with E-state index in [4.69, 9.17) is 9.15 Å². The first kappa shape index (κ1) is 20.5. The molecule has 0 spiro atoms. The molecule has 4 bridgehead atoms. The predicted molar refractivity (Wildman–Crippen MR) is 125 cm³/mol. The molecule has 7 rings (SSSR count). The lowest BCUT2D eigenvalue weighted by molar-refractivity contribution is -0.00497. The SMILES string of the molecule is CCOC(=O)c1ccc(-c2cc(=O)c3cc(O)cc(C45CC6CC(CC(C6)C4)C5)c3o2)cc1. The van der Waals surface area contributed by atoms with E-state index < -0.39 is 0 Å². The zero-order chi connectivity index (χ0) is 22.7. The van der Waals surface area contributed by atoms with E-state index in [1.165, 1.54) is 31.4 Å². The normalized spacial score (nSPS) is 27.7. The van der Waals surface area contributed by atoms with Crippen molar-refractivity contribution in [2.75, 3.05) is 6.61 Å². The van der Waals surface area contributed by atoms with Gasteiger partial charge < -0.3 is 14.3 Å². The number of carbonyl (C=O) groups is 1. The predicted octanol–water partition coefficient (Wildman–Crippen LogP) is 5.81. The molecule has 33 heavy (non-hydrogen) atoms. The third-order valence-electron chi connectivity index (χ3n) is 8.10. The minimum Gasteiger partial charge on any atom is -0.508 e. The molecule has 0 saturated heterocycles. The number of hydrogen-bond donors (Lipinski definition) is 1. The molecule has 2 aromatic carbocycles. The first-order chi connectivity index (χ1) is 15.9. The third kappa shape index (κ3) is 3.36. The number of phenolic OH excluding ortho intramolecular Hbond substituents is 1. The number of benzene rings is 2. The summed E-state index contributed by atoms with van der Waals surface area (Å²) < 4.78 is 11.5. The zero-order valence-electron chi connectivity index (χ0n) is 18.8. The maximum absolute atomic E-state index is 13.1. The van der Waals surface area contributed by atoms with Crippen molar-refractivity contribution in [3.05, 3.63) is 63.8 Å². The highest BCUT2D eigenvalue weighted by Gasteiger charge is 2.52. The van der Waals surface area contributed by atoms with Crippen molar-refractivity contribution in [2.24, 2.45) is 17.8 Å². The molecule has 4 aliphatic rings. The Morgan fingerprint density at radius 2 is 1.67 bits per heavy atom. The van der Waals surface area contributed by atoms with E-state index in [1.807, 2.05) is 6.07 Å². The summed E-state index contributed by atoms with van der Waals surface area (Å²) in [4.78, 5) is 25.1. The maximum atomic E-state index is 13.1. The Morgan fingerprint density at radius 1 is 1.03 bits per heavy atom. The number of hydrogen-bond acceptors (Lipinski definition) is 5. The fourth-order valence-corrected chi connectivity index (χ4v) is 7.20. The molecule has 4 aliphatic carbocycles. The topological polar surface area (TPSA) is 76.7 Å². The summed E-state index contributed by atoms with van der Waals surface area (Å²) in [5.41, 5.74) is 2.61. The minimum absolute atomic E-state index is 0.0198. The molecule has 0 amide bonds. The quantitative estimate of drug-likeness (QED) is 0.514. The van der Waals surface area contributed by atoms with Crippen LogP contribution in [0.4, 0.5) is 0 Å². The van der Waals surface area contributed by atoms with Crippen molar-refractivity contribution in [2.45, 2.75) is 50.9 Å². The monoisotopic (exact) mass is 444 g/mol. The van der Waals surface area contributed by atoms with Gasteiger partial charge in [0.05, 0.1) is 17.6 Å². The Bertz CT molecular complexity index is 1270. The molecule has 4 fully saturated rings. The molecule has 1 heterocycles. The van der Waals surface area contributed by atoms with Crippen molar-refractivity contribution >= 4 is 16.9 Å². The fourth-order valence-electron chi connectivity index (χ4n) is 7.20. The molecule has 4 saturated carbocycles. The second kappa shape index (κ2) is 7.47. The van der Waals surface area contributed by atoms with Gasteiger partial charge in [0, 0.05) is 17.2 Å². The van der Waals surface area contributed by atoms with Gasteiger partial charge in [0.15, 0.2) is 5.43 Å². The summed E-state index contributed by atoms with van der Waals surface area (Å²) in [6.45, 7) is 2.09. The van der Waals surface area contributed by atoms with Gasteiger partial charge in [-0.25, -0.2) is 4.79 Å². The van der Waals surface area contributed by atoms with Gasteiger partial charge in [0.2, 0.25) is 0 Å². The van der Waals surface area contributed by atoms with Gasteiger partial charge >= 0.3 is 5.97 Å². The first-order valence-corrected chi connectivity index (χ1v) is 12.0. The highest BCUT2D eigenvalue weighted by molar-refractivity contribution is 5.90. The zero-order valence-corrected chi connectivity index (χ0v) is 18.8. The van der Waals surface area contributed by atoms with Gasteiger partial charge in [-0.3, -0.25) is 4.79 Å². The van der Waals surface area contributed by atoms with Crippen LogP contribution in [0.25, 0.3) is 22.3 Å². The molecule has 170 valence electrons. The Labute approximate surface area is 192 Å².